The normalized spacial score (nSPS) is 14.4. The quantitative estimate of drug-likeness (QED) is 0.186. The van der Waals surface area contributed by atoms with E-state index in [0.717, 1.165) is 55.0 Å². The van der Waals surface area contributed by atoms with Crippen molar-refractivity contribution < 1.29 is 13.7 Å². The molecule has 4 heteroatoms. The van der Waals surface area contributed by atoms with E-state index in [4.69, 9.17) is 18.7 Å². The molecule has 10 aromatic rings. The van der Waals surface area contributed by atoms with Crippen molar-refractivity contribution >= 4 is 43.6 Å². The van der Waals surface area contributed by atoms with Gasteiger partial charge in [0, 0.05) is 49.6 Å². The second kappa shape index (κ2) is 11.4. The lowest BCUT2D eigenvalue weighted by Crippen LogP contribution is -2.01. The number of nitrogens with zero attached hydrogens (tertiary/aromatic N) is 4. The zero-order valence-corrected chi connectivity index (χ0v) is 26.3. The lowest BCUT2D eigenvalue weighted by atomic mass is 10.0. The fourth-order valence-corrected chi connectivity index (χ4v) is 6.98. The second-order valence-electron chi connectivity index (χ2n) is 11.9. The molecule has 0 aliphatic carbocycles. The SMILES string of the molecule is [2H]c1c([2H])c([2H])c(-c2cc(-c3cc(-n4c5ccccc5c5ccccc54)cc(-n4c5ccccc5c5ccccc54)c3)nc(-c3c([2H])c([2H])c([2H])c([2H])c3[2H])n2)c([2H])c1[2H]. The standard InChI is InChI=1S/C46H30N4/c1-3-15-31(16-4-1)40-30-41(48-46(47-40)32-17-5-2-6-18-32)33-27-34(49-42-23-11-7-19-36(42)37-20-8-12-24-43(37)49)29-35(28-33)50-44-25-13-9-21-38(44)39-22-10-14-26-45(39)50/h1-30H/i1D,2D,3D,4D,5D,6D,15D,16D,17D,18D. The van der Waals surface area contributed by atoms with Gasteiger partial charge >= 0.3 is 0 Å². The molecule has 7 aromatic carbocycles. The van der Waals surface area contributed by atoms with E-state index in [-0.39, 0.29) is 28.3 Å². The fraction of sp³-hybridized carbons (Fsp3) is 0. The van der Waals surface area contributed by atoms with Gasteiger partial charge in [-0.1, -0.05) is 133 Å². The Hall–Kier alpha value is -6.78. The Labute approximate surface area is 303 Å². The average Bonchev–Trinajstić information content (AvgIpc) is 3.79. The van der Waals surface area contributed by atoms with Crippen LogP contribution in [0.5, 0.6) is 0 Å². The summed E-state index contributed by atoms with van der Waals surface area (Å²) in [4.78, 5) is 9.52. The van der Waals surface area contributed by atoms with Crippen molar-refractivity contribution in [2.45, 2.75) is 0 Å². The van der Waals surface area contributed by atoms with Crippen molar-refractivity contribution in [3.63, 3.8) is 0 Å². The first kappa shape index (κ1) is 19.9. The summed E-state index contributed by atoms with van der Waals surface area (Å²) < 4.78 is 90.1. The van der Waals surface area contributed by atoms with E-state index < -0.39 is 60.4 Å². The van der Waals surface area contributed by atoms with Gasteiger partial charge in [-0.3, -0.25) is 0 Å². The van der Waals surface area contributed by atoms with E-state index in [9.17, 15) is 0 Å². The van der Waals surface area contributed by atoms with Crippen LogP contribution in [0.15, 0.2) is 182 Å². The molecule has 0 N–H and O–H groups in total. The largest absolute Gasteiger partial charge is 0.309 e. The third-order valence-electron chi connectivity index (χ3n) is 9.08. The molecule has 0 saturated carbocycles. The maximum atomic E-state index is 8.87. The van der Waals surface area contributed by atoms with Crippen molar-refractivity contribution in [1.29, 1.82) is 0 Å². The zero-order chi connectivity index (χ0) is 41.7. The van der Waals surface area contributed by atoms with Gasteiger partial charge in [-0.05, 0) is 48.5 Å². The molecule has 0 fully saturated rings. The number of hydrogen-bond donors (Lipinski definition) is 0. The van der Waals surface area contributed by atoms with Gasteiger partial charge in [0.05, 0.1) is 47.2 Å². The predicted molar refractivity (Wildman–Crippen MR) is 207 cm³/mol. The van der Waals surface area contributed by atoms with Gasteiger partial charge in [-0.25, -0.2) is 9.97 Å². The van der Waals surface area contributed by atoms with E-state index in [1.165, 1.54) is 6.07 Å². The first-order chi connectivity index (χ1) is 28.9. The van der Waals surface area contributed by atoms with Crippen LogP contribution in [0.3, 0.4) is 0 Å². The highest BCUT2D eigenvalue weighted by atomic mass is 15.0. The van der Waals surface area contributed by atoms with Gasteiger partial charge in [0.15, 0.2) is 5.82 Å². The van der Waals surface area contributed by atoms with Crippen LogP contribution < -0.4 is 0 Å². The maximum Gasteiger partial charge on any atom is 0.160 e. The number of para-hydroxylation sites is 4. The third kappa shape index (κ3) is 4.54. The van der Waals surface area contributed by atoms with Crippen molar-refractivity contribution in [1.82, 2.24) is 19.1 Å². The van der Waals surface area contributed by atoms with Crippen LogP contribution in [-0.2, 0) is 0 Å². The minimum atomic E-state index is -0.592. The summed E-state index contributed by atoms with van der Waals surface area (Å²) in [5, 5.41) is 4.19. The first-order valence-electron chi connectivity index (χ1n) is 21.1. The molecule has 0 spiro atoms. The molecule has 0 atom stereocenters. The first-order valence-corrected chi connectivity index (χ1v) is 16.1. The van der Waals surface area contributed by atoms with Gasteiger partial charge in [0.25, 0.3) is 0 Å². The number of aromatic nitrogens is 4. The van der Waals surface area contributed by atoms with Crippen molar-refractivity contribution in [2.75, 3.05) is 0 Å². The maximum absolute atomic E-state index is 8.87. The molecule has 0 saturated heterocycles. The predicted octanol–water partition coefficient (Wildman–Crippen LogP) is 11.7. The van der Waals surface area contributed by atoms with Crippen LogP contribution in [0.1, 0.15) is 13.7 Å². The van der Waals surface area contributed by atoms with E-state index in [0.29, 0.717) is 5.56 Å². The summed E-state index contributed by atoms with van der Waals surface area (Å²) in [5.74, 6) is -0.271. The summed E-state index contributed by atoms with van der Waals surface area (Å²) in [7, 11) is 0. The molecule has 0 unspecified atom stereocenters. The van der Waals surface area contributed by atoms with Crippen molar-refractivity contribution in [3.8, 4) is 45.3 Å². The lowest BCUT2D eigenvalue weighted by molar-refractivity contribution is 1.13. The van der Waals surface area contributed by atoms with Gasteiger partial charge in [0.2, 0.25) is 0 Å². The van der Waals surface area contributed by atoms with Gasteiger partial charge < -0.3 is 9.13 Å². The van der Waals surface area contributed by atoms with Crippen LogP contribution in [0, 0.1) is 0 Å². The van der Waals surface area contributed by atoms with Crippen LogP contribution in [0.4, 0.5) is 0 Å². The molecule has 0 radical (unpaired) electrons. The molecule has 234 valence electrons. The molecule has 10 rings (SSSR count). The molecule has 0 aliphatic heterocycles. The molecule has 3 aromatic heterocycles. The Morgan fingerprint density at radius 2 is 0.760 bits per heavy atom. The highest BCUT2D eigenvalue weighted by Gasteiger charge is 2.18. The van der Waals surface area contributed by atoms with Crippen LogP contribution >= 0.6 is 0 Å². The van der Waals surface area contributed by atoms with E-state index in [1.54, 1.807) is 0 Å². The number of fused-ring (bicyclic) bond motifs is 6. The molecule has 0 aliphatic rings. The molecule has 0 amide bonds. The molecule has 0 bridgehead atoms. The number of hydrogen-bond acceptors (Lipinski definition) is 2. The number of rotatable bonds is 5. The average molecular weight is 649 g/mol. The summed E-state index contributed by atoms with van der Waals surface area (Å²) >= 11 is 0. The lowest BCUT2D eigenvalue weighted by Gasteiger charge is -2.16. The fourth-order valence-electron chi connectivity index (χ4n) is 6.98. The van der Waals surface area contributed by atoms with Crippen molar-refractivity contribution in [3.05, 3.63) is 182 Å². The smallest absolute Gasteiger partial charge is 0.160 e. The van der Waals surface area contributed by atoms with Crippen LogP contribution in [-0.4, -0.2) is 19.1 Å². The minimum Gasteiger partial charge on any atom is -0.309 e. The summed E-state index contributed by atoms with van der Waals surface area (Å²) in [6, 6.07) is 34.4. The molecule has 4 nitrogen and oxygen atoms in total. The Morgan fingerprint density at radius 1 is 0.380 bits per heavy atom. The van der Waals surface area contributed by atoms with Crippen molar-refractivity contribution in [2.24, 2.45) is 0 Å². The molecule has 50 heavy (non-hydrogen) atoms. The number of benzene rings is 7. The van der Waals surface area contributed by atoms with Gasteiger partial charge in [-0.15, -0.1) is 0 Å². The van der Waals surface area contributed by atoms with Crippen LogP contribution in [0.25, 0.3) is 88.9 Å². The second-order valence-corrected chi connectivity index (χ2v) is 11.9. The monoisotopic (exact) mass is 648 g/mol. The Balaban J connectivity index is 1.35. The van der Waals surface area contributed by atoms with E-state index in [1.807, 2.05) is 60.7 Å². The molecular weight excluding hydrogens is 609 g/mol. The highest BCUT2D eigenvalue weighted by molar-refractivity contribution is 6.10. The Bertz CT molecular complexity index is 3080. The van der Waals surface area contributed by atoms with E-state index >= 15 is 0 Å². The summed E-state index contributed by atoms with van der Waals surface area (Å²) in [6.45, 7) is 0. The van der Waals surface area contributed by atoms with Gasteiger partial charge in [0.1, 0.15) is 0 Å². The highest BCUT2D eigenvalue weighted by Crippen LogP contribution is 2.38. The van der Waals surface area contributed by atoms with Crippen LogP contribution in [0.2, 0.25) is 0 Å². The summed E-state index contributed by atoms with van der Waals surface area (Å²) in [6.07, 6.45) is 0. The molecular formula is C46H30N4. The third-order valence-corrected chi connectivity index (χ3v) is 9.08. The Morgan fingerprint density at radius 3 is 1.20 bits per heavy atom. The van der Waals surface area contributed by atoms with Gasteiger partial charge in [-0.2, -0.15) is 0 Å². The molecule has 3 heterocycles. The summed E-state index contributed by atoms with van der Waals surface area (Å²) in [5.41, 5.74) is 5.46. The Kier molecular flexibility index (Phi) is 4.55. The van der Waals surface area contributed by atoms with E-state index in [2.05, 4.69) is 68.7 Å². The topological polar surface area (TPSA) is 35.6 Å². The zero-order valence-electron chi connectivity index (χ0n) is 36.3. The minimum absolute atomic E-state index is 0.0838.